The van der Waals surface area contributed by atoms with Crippen LogP contribution < -0.4 is 0 Å². The summed E-state index contributed by atoms with van der Waals surface area (Å²) in [7, 11) is 0. The summed E-state index contributed by atoms with van der Waals surface area (Å²) in [6, 6.07) is 0. The minimum absolute atomic E-state index is 0.244. The Bertz CT molecular complexity index is 436. The van der Waals surface area contributed by atoms with E-state index in [9.17, 15) is 9.90 Å². The van der Waals surface area contributed by atoms with Crippen molar-refractivity contribution in [2.24, 2.45) is 11.8 Å². The van der Waals surface area contributed by atoms with Crippen LogP contribution in [0.5, 0.6) is 0 Å². The standard InChI is InChI=1S/C21H36O5/c1-2-3-5-8-16(22)10-11-17-18(20-13-12-19(17)26-20)15-25-14-7-4-6-9-21(23)24/h10-11,16-20,22H,2-9,12-15H2,1H3,(H,23,24)/t16?,17-,18+,19-,20+/m0/s1. The normalized spacial score (nSPS) is 28.8. The molecule has 2 aliphatic rings. The van der Waals surface area contributed by atoms with E-state index in [2.05, 4.69) is 13.0 Å². The molecule has 5 heteroatoms. The SMILES string of the molecule is CCCCCC(O)C=C[C@H]1[C@@H](COCCCCCC(=O)O)[C@H]2CC[C@@H]1O2. The van der Waals surface area contributed by atoms with Crippen LogP contribution in [0, 0.1) is 11.8 Å². The molecule has 2 aliphatic heterocycles. The van der Waals surface area contributed by atoms with E-state index in [0.717, 1.165) is 44.9 Å². The van der Waals surface area contributed by atoms with E-state index in [1.165, 1.54) is 12.8 Å². The van der Waals surface area contributed by atoms with Crippen LogP contribution in [0.25, 0.3) is 0 Å². The van der Waals surface area contributed by atoms with E-state index in [1.807, 2.05) is 6.08 Å². The second-order valence-corrected chi connectivity index (χ2v) is 7.76. The first-order valence-corrected chi connectivity index (χ1v) is 10.4. The van der Waals surface area contributed by atoms with Gasteiger partial charge in [-0.15, -0.1) is 0 Å². The van der Waals surface area contributed by atoms with Gasteiger partial charge < -0.3 is 19.7 Å². The van der Waals surface area contributed by atoms with Crippen molar-refractivity contribution in [3.05, 3.63) is 12.2 Å². The zero-order valence-electron chi connectivity index (χ0n) is 16.1. The van der Waals surface area contributed by atoms with Crippen LogP contribution >= 0.6 is 0 Å². The molecule has 0 radical (unpaired) electrons. The highest BCUT2D eigenvalue weighted by atomic mass is 16.5. The van der Waals surface area contributed by atoms with Crippen molar-refractivity contribution in [2.75, 3.05) is 13.2 Å². The van der Waals surface area contributed by atoms with Gasteiger partial charge in [0.1, 0.15) is 0 Å². The van der Waals surface area contributed by atoms with Crippen LogP contribution in [0.15, 0.2) is 12.2 Å². The number of carboxylic acid groups (broad SMARTS) is 1. The van der Waals surface area contributed by atoms with Crippen molar-refractivity contribution in [2.45, 2.75) is 89.4 Å². The van der Waals surface area contributed by atoms with Crippen molar-refractivity contribution in [1.82, 2.24) is 0 Å². The maximum absolute atomic E-state index is 10.5. The Hall–Kier alpha value is -0.910. The van der Waals surface area contributed by atoms with Gasteiger partial charge in [0, 0.05) is 24.9 Å². The summed E-state index contributed by atoms with van der Waals surface area (Å²) >= 11 is 0. The predicted molar refractivity (Wildman–Crippen MR) is 101 cm³/mol. The topological polar surface area (TPSA) is 76.0 Å². The fourth-order valence-electron chi connectivity index (χ4n) is 4.13. The molecule has 0 aliphatic carbocycles. The third-order valence-corrected chi connectivity index (χ3v) is 5.64. The molecule has 2 bridgehead atoms. The zero-order valence-corrected chi connectivity index (χ0v) is 16.1. The van der Waals surface area contributed by atoms with Gasteiger partial charge in [0.15, 0.2) is 0 Å². The minimum Gasteiger partial charge on any atom is -0.481 e. The molecule has 26 heavy (non-hydrogen) atoms. The van der Waals surface area contributed by atoms with Crippen molar-refractivity contribution in [3.8, 4) is 0 Å². The first-order chi connectivity index (χ1) is 12.6. The van der Waals surface area contributed by atoms with Crippen molar-refractivity contribution >= 4 is 5.97 Å². The molecule has 0 spiro atoms. The molecule has 0 saturated carbocycles. The summed E-state index contributed by atoms with van der Waals surface area (Å²) in [4.78, 5) is 10.5. The number of carbonyl (C=O) groups is 1. The lowest BCUT2D eigenvalue weighted by Crippen LogP contribution is -2.30. The molecule has 2 N–H and O–H groups in total. The highest BCUT2D eigenvalue weighted by molar-refractivity contribution is 5.66. The molecule has 0 aromatic heterocycles. The summed E-state index contributed by atoms with van der Waals surface area (Å²) in [6.45, 7) is 3.55. The van der Waals surface area contributed by atoms with E-state index in [-0.39, 0.29) is 18.6 Å². The largest absolute Gasteiger partial charge is 0.481 e. The lowest BCUT2D eigenvalue weighted by molar-refractivity contribution is -0.137. The summed E-state index contributed by atoms with van der Waals surface area (Å²) in [5, 5.41) is 18.8. The number of ether oxygens (including phenoxy) is 2. The Morgan fingerprint density at radius 2 is 2.00 bits per heavy atom. The third kappa shape index (κ3) is 7.01. The molecule has 0 amide bonds. The van der Waals surface area contributed by atoms with Gasteiger partial charge in [-0.1, -0.05) is 44.8 Å². The minimum atomic E-state index is -0.725. The molecule has 1 unspecified atom stereocenters. The summed E-state index contributed by atoms with van der Waals surface area (Å²) in [5.41, 5.74) is 0. The van der Waals surface area contributed by atoms with Gasteiger partial charge in [-0.2, -0.15) is 0 Å². The van der Waals surface area contributed by atoms with Gasteiger partial charge in [0.2, 0.25) is 0 Å². The van der Waals surface area contributed by atoms with Gasteiger partial charge in [0.05, 0.1) is 24.9 Å². The van der Waals surface area contributed by atoms with Crippen molar-refractivity contribution in [3.63, 3.8) is 0 Å². The molecule has 5 nitrogen and oxygen atoms in total. The number of aliphatic carboxylic acids is 1. The second kappa shape index (κ2) is 11.7. The number of unbranched alkanes of at least 4 members (excludes halogenated alkanes) is 4. The number of aliphatic hydroxyl groups is 1. The van der Waals surface area contributed by atoms with Gasteiger partial charge in [-0.3, -0.25) is 4.79 Å². The van der Waals surface area contributed by atoms with Crippen LogP contribution in [0.1, 0.15) is 71.1 Å². The van der Waals surface area contributed by atoms with Crippen LogP contribution in [-0.4, -0.2) is 47.7 Å². The highest BCUT2D eigenvalue weighted by Gasteiger charge is 2.47. The average Bonchev–Trinajstić information content (AvgIpc) is 3.20. The molecular weight excluding hydrogens is 332 g/mol. The first-order valence-electron chi connectivity index (χ1n) is 10.4. The van der Waals surface area contributed by atoms with E-state index >= 15 is 0 Å². The molecule has 150 valence electrons. The van der Waals surface area contributed by atoms with E-state index in [4.69, 9.17) is 14.6 Å². The predicted octanol–water partition coefficient (Wildman–Crippen LogP) is 3.94. The Balaban J connectivity index is 1.68. The van der Waals surface area contributed by atoms with Crippen LogP contribution in [0.2, 0.25) is 0 Å². The molecule has 2 saturated heterocycles. The highest BCUT2D eigenvalue weighted by Crippen LogP contribution is 2.44. The Morgan fingerprint density at radius 3 is 2.77 bits per heavy atom. The van der Waals surface area contributed by atoms with E-state index in [1.54, 1.807) is 0 Å². The third-order valence-electron chi connectivity index (χ3n) is 5.64. The number of hydrogen-bond donors (Lipinski definition) is 2. The number of fused-ring (bicyclic) bond motifs is 2. The second-order valence-electron chi connectivity index (χ2n) is 7.76. The summed E-state index contributed by atoms with van der Waals surface area (Å²) in [6.07, 6.45) is 13.6. The number of carboxylic acids is 1. The fraction of sp³-hybridized carbons (Fsp3) is 0.857. The Labute approximate surface area is 157 Å². The quantitative estimate of drug-likeness (QED) is 0.359. The maximum atomic E-state index is 10.5. The van der Waals surface area contributed by atoms with Gasteiger partial charge in [0.25, 0.3) is 0 Å². The number of rotatable bonds is 14. The summed E-state index contributed by atoms with van der Waals surface area (Å²) in [5.74, 6) is 0.00463. The molecule has 2 fully saturated rings. The maximum Gasteiger partial charge on any atom is 0.303 e. The summed E-state index contributed by atoms with van der Waals surface area (Å²) < 4.78 is 11.9. The Morgan fingerprint density at radius 1 is 1.19 bits per heavy atom. The first kappa shape index (κ1) is 21.4. The lowest BCUT2D eigenvalue weighted by atomic mass is 9.79. The van der Waals surface area contributed by atoms with Crippen molar-refractivity contribution in [1.29, 1.82) is 0 Å². The molecule has 2 rings (SSSR count). The number of hydrogen-bond acceptors (Lipinski definition) is 4. The fourth-order valence-corrected chi connectivity index (χ4v) is 4.13. The monoisotopic (exact) mass is 368 g/mol. The zero-order chi connectivity index (χ0) is 18.8. The average molecular weight is 369 g/mol. The van der Waals surface area contributed by atoms with E-state index < -0.39 is 5.97 Å². The van der Waals surface area contributed by atoms with Crippen molar-refractivity contribution < 1.29 is 24.5 Å². The van der Waals surface area contributed by atoms with Crippen LogP contribution in [-0.2, 0) is 14.3 Å². The molecule has 5 atom stereocenters. The smallest absolute Gasteiger partial charge is 0.303 e. The molecule has 0 aromatic carbocycles. The van der Waals surface area contributed by atoms with Crippen LogP contribution in [0.3, 0.4) is 0 Å². The molecule has 2 heterocycles. The molecular formula is C21H36O5. The van der Waals surface area contributed by atoms with Gasteiger partial charge >= 0.3 is 5.97 Å². The Kier molecular flexibility index (Phi) is 9.65. The van der Waals surface area contributed by atoms with Gasteiger partial charge in [-0.05, 0) is 32.1 Å². The molecule has 0 aromatic rings. The van der Waals surface area contributed by atoms with E-state index in [0.29, 0.717) is 31.2 Å². The van der Waals surface area contributed by atoms with Gasteiger partial charge in [-0.25, -0.2) is 0 Å². The van der Waals surface area contributed by atoms with Crippen LogP contribution in [0.4, 0.5) is 0 Å². The number of aliphatic hydroxyl groups excluding tert-OH is 1. The lowest BCUT2D eigenvalue weighted by Gasteiger charge is -2.25.